The molecule has 0 radical (unpaired) electrons. The summed E-state index contributed by atoms with van der Waals surface area (Å²) in [5, 5.41) is 3.42. The Bertz CT molecular complexity index is 1700. The number of aryl methyl sites for hydroxylation is 2. The van der Waals surface area contributed by atoms with E-state index in [2.05, 4.69) is 5.32 Å². The Kier molecular flexibility index (Phi) is 10.5. The van der Waals surface area contributed by atoms with Crippen LogP contribution in [0.4, 0.5) is 5.69 Å². The number of nitrogens with one attached hydrogen (secondary N) is 1. The summed E-state index contributed by atoms with van der Waals surface area (Å²) in [4.78, 5) is 29.2. The summed E-state index contributed by atoms with van der Waals surface area (Å²) in [6, 6.07) is 26.6. The number of carbonyl (C=O) groups is 2. The van der Waals surface area contributed by atoms with E-state index in [0.717, 1.165) is 15.4 Å². The molecule has 4 aromatic rings. The lowest BCUT2D eigenvalue weighted by atomic mass is 10.0. The number of anilines is 1. The maximum absolute atomic E-state index is 14.4. The Morgan fingerprint density at radius 3 is 2.12 bits per heavy atom. The third-order valence-corrected chi connectivity index (χ3v) is 9.47. The molecule has 0 aliphatic rings. The number of halogens is 2. The lowest BCUT2D eigenvalue weighted by Gasteiger charge is -2.34. The number of nitrogens with zero attached hydrogens (tertiary/aromatic N) is 2. The van der Waals surface area contributed by atoms with Gasteiger partial charge >= 0.3 is 0 Å². The summed E-state index contributed by atoms with van der Waals surface area (Å²) in [7, 11) is -2.67. The average molecular weight is 639 g/mol. The molecule has 0 unspecified atom stereocenters. The van der Waals surface area contributed by atoms with Crippen molar-refractivity contribution in [1.29, 1.82) is 0 Å². The molecule has 0 spiro atoms. The third kappa shape index (κ3) is 7.76. The van der Waals surface area contributed by atoms with E-state index in [9.17, 15) is 18.0 Å². The van der Waals surface area contributed by atoms with E-state index in [4.69, 9.17) is 23.2 Å². The van der Waals surface area contributed by atoms with Gasteiger partial charge in [0.2, 0.25) is 11.8 Å². The minimum Gasteiger partial charge on any atom is -0.357 e. The number of sulfonamides is 1. The molecule has 2 amide bonds. The van der Waals surface area contributed by atoms with Crippen molar-refractivity contribution in [3.05, 3.63) is 129 Å². The Morgan fingerprint density at radius 1 is 0.860 bits per heavy atom. The van der Waals surface area contributed by atoms with Gasteiger partial charge in [0, 0.05) is 30.1 Å². The van der Waals surface area contributed by atoms with Crippen molar-refractivity contribution in [2.75, 3.05) is 17.9 Å². The molecule has 0 aliphatic heterocycles. The van der Waals surface area contributed by atoms with Gasteiger partial charge in [-0.15, -0.1) is 0 Å². The van der Waals surface area contributed by atoms with Crippen molar-refractivity contribution >= 4 is 50.7 Å². The highest BCUT2D eigenvalue weighted by Crippen LogP contribution is 2.29. The van der Waals surface area contributed by atoms with Crippen LogP contribution in [0, 0.1) is 13.8 Å². The van der Waals surface area contributed by atoms with E-state index >= 15 is 0 Å². The fourth-order valence-corrected chi connectivity index (χ4v) is 6.84. The lowest BCUT2D eigenvalue weighted by Crippen LogP contribution is -2.53. The van der Waals surface area contributed by atoms with Crippen molar-refractivity contribution < 1.29 is 18.0 Å². The molecule has 4 aromatic carbocycles. The molecule has 1 atom stereocenters. The normalized spacial score (nSPS) is 11.9. The first-order valence-electron chi connectivity index (χ1n) is 13.6. The number of hydrogen-bond donors (Lipinski definition) is 1. The molecular formula is C33H33Cl2N3O4S. The highest BCUT2D eigenvalue weighted by molar-refractivity contribution is 7.92. The number of rotatable bonds is 11. The van der Waals surface area contributed by atoms with Crippen LogP contribution < -0.4 is 9.62 Å². The zero-order chi connectivity index (χ0) is 31.1. The Morgan fingerprint density at radius 2 is 1.51 bits per heavy atom. The molecule has 0 fully saturated rings. The number of benzene rings is 4. The van der Waals surface area contributed by atoms with Gasteiger partial charge in [-0.25, -0.2) is 8.42 Å². The van der Waals surface area contributed by atoms with Gasteiger partial charge in [0.05, 0.1) is 10.6 Å². The SMILES string of the molecule is CNC(=O)[C@H](Cc1ccccc1)N(Cc1ccc(Cl)cc1Cl)C(=O)CN(c1ccc(C)cc1C)S(=O)(=O)c1ccccc1. The summed E-state index contributed by atoms with van der Waals surface area (Å²) < 4.78 is 29.2. The predicted molar refractivity (Wildman–Crippen MR) is 172 cm³/mol. The first-order chi connectivity index (χ1) is 20.5. The van der Waals surface area contributed by atoms with Crippen LogP contribution in [0.25, 0.3) is 0 Å². The molecule has 0 aliphatic carbocycles. The van der Waals surface area contributed by atoms with Crippen molar-refractivity contribution in [3.63, 3.8) is 0 Å². The molecule has 224 valence electrons. The van der Waals surface area contributed by atoms with E-state index < -0.39 is 34.4 Å². The summed E-state index contributed by atoms with van der Waals surface area (Å²) >= 11 is 12.6. The standard InChI is InChI=1S/C33H33Cl2N3O4S/c1-23-14-17-30(24(2)18-23)38(43(41,42)28-12-8-5-9-13-28)22-32(39)37(21-26-15-16-27(34)20-29(26)35)31(33(40)36-3)19-25-10-6-4-7-11-25/h4-18,20,31H,19,21-22H2,1-3H3,(H,36,40)/t31-/m0/s1. The van der Waals surface area contributed by atoms with Gasteiger partial charge in [-0.1, -0.05) is 95.5 Å². The summed E-state index contributed by atoms with van der Waals surface area (Å²) in [6.45, 7) is 3.11. The predicted octanol–water partition coefficient (Wildman–Crippen LogP) is 6.19. The topological polar surface area (TPSA) is 86.8 Å². The van der Waals surface area contributed by atoms with Gasteiger partial charge in [0.15, 0.2) is 0 Å². The van der Waals surface area contributed by atoms with E-state index in [1.165, 1.54) is 24.1 Å². The highest BCUT2D eigenvalue weighted by Gasteiger charge is 2.35. The third-order valence-electron chi connectivity index (χ3n) is 7.10. The van der Waals surface area contributed by atoms with Crippen molar-refractivity contribution in [3.8, 4) is 0 Å². The van der Waals surface area contributed by atoms with E-state index in [-0.39, 0.29) is 17.9 Å². The Hall–Kier alpha value is -3.85. The number of amides is 2. The molecule has 0 heterocycles. The van der Waals surface area contributed by atoms with Crippen LogP contribution in [0.5, 0.6) is 0 Å². The van der Waals surface area contributed by atoms with E-state index in [0.29, 0.717) is 26.9 Å². The Balaban J connectivity index is 1.82. The van der Waals surface area contributed by atoms with Crippen molar-refractivity contribution in [2.24, 2.45) is 0 Å². The number of hydrogen-bond acceptors (Lipinski definition) is 4. The smallest absolute Gasteiger partial charge is 0.264 e. The van der Waals surface area contributed by atoms with Crippen molar-refractivity contribution in [1.82, 2.24) is 10.2 Å². The van der Waals surface area contributed by atoms with Crippen LogP contribution in [-0.4, -0.2) is 44.8 Å². The second-order valence-electron chi connectivity index (χ2n) is 10.2. The quantitative estimate of drug-likeness (QED) is 0.212. The molecule has 0 aromatic heterocycles. The zero-order valence-corrected chi connectivity index (χ0v) is 26.5. The van der Waals surface area contributed by atoms with Crippen LogP contribution in [0.3, 0.4) is 0 Å². The van der Waals surface area contributed by atoms with Gasteiger partial charge in [0.25, 0.3) is 10.0 Å². The summed E-state index contributed by atoms with van der Waals surface area (Å²) in [6.07, 6.45) is 0.201. The zero-order valence-electron chi connectivity index (χ0n) is 24.1. The molecular weight excluding hydrogens is 605 g/mol. The minimum atomic E-state index is -4.17. The number of carbonyl (C=O) groups excluding carboxylic acids is 2. The van der Waals surface area contributed by atoms with Crippen LogP contribution >= 0.6 is 23.2 Å². The fourth-order valence-electron chi connectivity index (χ4n) is 4.87. The van der Waals surface area contributed by atoms with Gasteiger partial charge < -0.3 is 10.2 Å². The lowest BCUT2D eigenvalue weighted by molar-refractivity contribution is -0.139. The van der Waals surface area contributed by atoms with Crippen LogP contribution in [0.15, 0.2) is 102 Å². The summed E-state index contributed by atoms with van der Waals surface area (Å²) in [5.74, 6) is -0.971. The molecule has 7 nitrogen and oxygen atoms in total. The van der Waals surface area contributed by atoms with Crippen molar-refractivity contribution in [2.45, 2.75) is 37.8 Å². The first-order valence-corrected chi connectivity index (χ1v) is 15.8. The molecule has 0 saturated heterocycles. The van der Waals surface area contributed by atoms with E-state index in [1.54, 1.807) is 55.5 Å². The Labute approximate surface area is 263 Å². The molecule has 10 heteroatoms. The highest BCUT2D eigenvalue weighted by atomic mass is 35.5. The molecule has 43 heavy (non-hydrogen) atoms. The van der Waals surface area contributed by atoms with Crippen LogP contribution in [0.2, 0.25) is 10.0 Å². The minimum absolute atomic E-state index is 0.0437. The summed E-state index contributed by atoms with van der Waals surface area (Å²) in [5.41, 5.74) is 3.40. The molecule has 0 bridgehead atoms. The molecule has 4 rings (SSSR count). The average Bonchev–Trinajstić information content (AvgIpc) is 2.99. The maximum atomic E-state index is 14.4. The van der Waals surface area contributed by atoms with Gasteiger partial charge in [0.1, 0.15) is 12.6 Å². The van der Waals surface area contributed by atoms with Gasteiger partial charge in [-0.05, 0) is 60.9 Å². The second kappa shape index (κ2) is 14.1. The fraction of sp³-hybridized carbons (Fsp3) is 0.212. The maximum Gasteiger partial charge on any atom is 0.264 e. The van der Waals surface area contributed by atoms with Gasteiger partial charge in [-0.2, -0.15) is 0 Å². The largest absolute Gasteiger partial charge is 0.357 e. The molecule has 0 saturated carbocycles. The second-order valence-corrected chi connectivity index (χ2v) is 12.9. The van der Waals surface area contributed by atoms with E-state index in [1.807, 2.05) is 43.3 Å². The molecule has 1 N–H and O–H groups in total. The van der Waals surface area contributed by atoms with Crippen LogP contribution in [0.1, 0.15) is 22.3 Å². The van der Waals surface area contributed by atoms with Gasteiger partial charge in [-0.3, -0.25) is 13.9 Å². The van der Waals surface area contributed by atoms with Crippen LogP contribution in [-0.2, 0) is 32.6 Å². The first kappa shape index (κ1) is 32.1. The monoisotopic (exact) mass is 637 g/mol. The number of likely N-dealkylation sites (N-methyl/N-ethyl adjacent to an activating group) is 1.